The molecule has 4 rings (SSSR count). The van der Waals surface area contributed by atoms with E-state index >= 15 is 0 Å². The molecule has 9 heteroatoms. The SMILES string of the molecule is CC(C)(CCc1ncc(-c2ccc(NC(=O)Nc3ccc4c(c3)OCCO4)cc2)s1)C(=O)O. The normalized spacial score (nSPS) is 12.8. The minimum atomic E-state index is -0.805. The van der Waals surface area contributed by atoms with Crippen LogP contribution in [0.25, 0.3) is 10.4 Å². The number of carboxylic acids is 1. The summed E-state index contributed by atoms with van der Waals surface area (Å²) in [7, 11) is 0. The molecule has 0 atom stereocenters. The second-order valence-electron chi connectivity index (χ2n) is 8.32. The molecule has 1 aromatic heterocycles. The lowest BCUT2D eigenvalue weighted by Gasteiger charge is -2.19. The smallest absolute Gasteiger partial charge is 0.323 e. The molecule has 0 unspecified atom stereocenters. The molecule has 0 bridgehead atoms. The lowest BCUT2D eigenvalue weighted by Crippen LogP contribution is -2.24. The van der Waals surface area contributed by atoms with Crippen molar-refractivity contribution >= 4 is 34.7 Å². The maximum atomic E-state index is 12.4. The number of carboxylic acid groups (broad SMARTS) is 1. The number of hydrogen-bond donors (Lipinski definition) is 3. The van der Waals surface area contributed by atoms with Crippen LogP contribution in [0.5, 0.6) is 11.5 Å². The second kappa shape index (κ2) is 9.50. The molecular weight excluding hydrogens is 442 g/mol. The number of fused-ring (bicyclic) bond motifs is 1. The highest BCUT2D eigenvalue weighted by atomic mass is 32.1. The van der Waals surface area contributed by atoms with E-state index in [9.17, 15) is 14.7 Å². The van der Waals surface area contributed by atoms with Gasteiger partial charge in [-0.25, -0.2) is 9.78 Å². The zero-order valence-electron chi connectivity index (χ0n) is 18.4. The summed E-state index contributed by atoms with van der Waals surface area (Å²) in [5, 5.41) is 15.8. The quantitative estimate of drug-likeness (QED) is 0.437. The van der Waals surface area contributed by atoms with E-state index in [-0.39, 0.29) is 6.03 Å². The highest BCUT2D eigenvalue weighted by Gasteiger charge is 2.27. The number of nitrogens with one attached hydrogen (secondary N) is 2. The number of carbonyl (C=O) groups excluding carboxylic acids is 1. The van der Waals surface area contributed by atoms with Crippen LogP contribution < -0.4 is 20.1 Å². The van der Waals surface area contributed by atoms with E-state index < -0.39 is 11.4 Å². The predicted octanol–water partition coefficient (Wildman–Crippen LogP) is 5.27. The first-order valence-electron chi connectivity index (χ1n) is 10.6. The molecule has 0 radical (unpaired) electrons. The fraction of sp³-hybridized carbons (Fsp3) is 0.292. The Morgan fingerprint density at radius 3 is 2.42 bits per heavy atom. The van der Waals surface area contributed by atoms with Gasteiger partial charge in [0.25, 0.3) is 0 Å². The Bertz CT molecular complexity index is 1160. The van der Waals surface area contributed by atoms with Crippen molar-refractivity contribution < 1.29 is 24.2 Å². The van der Waals surface area contributed by atoms with Gasteiger partial charge in [0.15, 0.2) is 11.5 Å². The number of hydrogen-bond acceptors (Lipinski definition) is 6. The van der Waals surface area contributed by atoms with Gasteiger partial charge in [0, 0.05) is 30.1 Å². The van der Waals surface area contributed by atoms with Crippen molar-refractivity contribution in [3.05, 3.63) is 53.7 Å². The van der Waals surface area contributed by atoms with Crippen LogP contribution in [0.15, 0.2) is 48.7 Å². The molecule has 2 amide bonds. The van der Waals surface area contributed by atoms with Crippen LogP contribution in [0, 0.1) is 5.41 Å². The number of rotatable bonds is 7. The largest absolute Gasteiger partial charge is 0.486 e. The van der Waals surface area contributed by atoms with E-state index in [1.165, 1.54) is 0 Å². The summed E-state index contributed by atoms with van der Waals surface area (Å²) in [6, 6.07) is 12.4. The Morgan fingerprint density at radius 1 is 1.03 bits per heavy atom. The van der Waals surface area contributed by atoms with Crippen molar-refractivity contribution in [1.29, 1.82) is 0 Å². The average molecular weight is 468 g/mol. The molecular formula is C24H25N3O5S. The average Bonchev–Trinajstić information content (AvgIpc) is 3.27. The highest BCUT2D eigenvalue weighted by Crippen LogP contribution is 2.33. The van der Waals surface area contributed by atoms with Gasteiger partial charge in [0.2, 0.25) is 0 Å². The van der Waals surface area contributed by atoms with E-state index in [0.29, 0.717) is 48.9 Å². The third-order valence-corrected chi connectivity index (χ3v) is 6.43. The number of nitrogens with zero attached hydrogens (tertiary/aromatic N) is 1. The third-order valence-electron chi connectivity index (χ3n) is 5.32. The van der Waals surface area contributed by atoms with E-state index in [4.69, 9.17) is 9.47 Å². The number of aliphatic carboxylic acids is 1. The highest BCUT2D eigenvalue weighted by molar-refractivity contribution is 7.15. The molecule has 2 heterocycles. The minimum Gasteiger partial charge on any atom is -0.486 e. The number of ether oxygens (including phenoxy) is 2. The molecule has 3 aromatic rings. The lowest BCUT2D eigenvalue weighted by atomic mass is 9.88. The lowest BCUT2D eigenvalue weighted by molar-refractivity contribution is -0.147. The molecule has 3 N–H and O–H groups in total. The van der Waals surface area contributed by atoms with Crippen LogP contribution in [0.1, 0.15) is 25.3 Å². The van der Waals surface area contributed by atoms with Crippen molar-refractivity contribution in [2.24, 2.45) is 5.41 Å². The minimum absolute atomic E-state index is 0.361. The van der Waals surface area contributed by atoms with Gasteiger partial charge < -0.3 is 25.2 Å². The Morgan fingerprint density at radius 2 is 1.70 bits per heavy atom. The van der Waals surface area contributed by atoms with Gasteiger partial charge in [-0.2, -0.15) is 0 Å². The van der Waals surface area contributed by atoms with Crippen molar-refractivity contribution in [3.8, 4) is 21.9 Å². The number of aryl methyl sites for hydroxylation is 1. The number of urea groups is 1. The van der Waals surface area contributed by atoms with Crippen molar-refractivity contribution in [2.75, 3.05) is 23.8 Å². The summed E-state index contributed by atoms with van der Waals surface area (Å²) in [5.41, 5.74) is 1.46. The Kier molecular flexibility index (Phi) is 6.50. The number of benzene rings is 2. The van der Waals surface area contributed by atoms with Crippen LogP contribution in [0.2, 0.25) is 0 Å². The summed E-state index contributed by atoms with van der Waals surface area (Å²) < 4.78 is 11.0. The molecule has 8 nitrogen and oxygen atoms in total. The maximum Gasteiger partial charge on any atom is 0.323 e. The van der Waals surface area contributed by atoms with E-state index in [1.807, 2.05) is 24.3 Å². The molecule has 172 valence electrons. The van der Waals surface area contributed by atoms with Crippen LogP contribution in [0.4, 0.5) is 16.2 Å². The molecule has 1 aliphatic rings. The number of thiazole rings is 1. The first-order chi connectivity index (χ1) is 15.8. The maximum absolute atomic E-state index is 12.4. The van der Waals surface area contributed by atoms with Crippen LogP contribution in [0.3, 0.4) is 0 Å². The molecule has 1 aliphatic heterocycles. The monoisotopic (exact) mass is 467 g/mol. The Labute approximate surface area is 195 Å². The summed E-state index contributed by atoms with van der Waals surface area (Å²) >= 11 is 1.55. The molecule has 0 aliphatic carbocycles. The first-order valence-corrected chi connectivity index (χ1v) is 11.4. The third kappa shape index (κ3) is 5.61. The number of amides is 2. The summed E-state index contributed by atoms with van der Waals surface area (Å²) in [5.74, 6) is 0.471. The molecule has 0 spiro atoms. The fourth-order valence-electron chi connectivity index (χ4n) is 3.22. The zero-order chi connectivity index (χ0) is 23.4. The van der Waals surface area contributed by atoms with Crippen LogP contribution in [-0.2, 0) is 11.2 Å². The van der Waals surface area contributed by atoms with Gasteiger partial charge >= 0.3 is 12.0 Å². The van der Waals surface area contributed by atoms with Gasteiger partial charge in [0.1, 0.15) is 13.2 Å². The molecule has 0 saturated heterocycles. The van der Waals surface area contributed by atoms with Gasteiger partial charge in [0.05, 0.1) is 15.3 Å². The van der Waals surface area contributed by atoms with Gasteiger partial charge in [-0.1, -0.05) is 12.1 Å². The summed E-state index contributed by atoms with van der Waals surface area (Å²) in [6.07, 6.45) is 2.94. The number of carbonyl (C=O) groups is 2. The first kappa shape index (κ1) is 22.6. The van der Waals surface area contributed by atoms with E-state index in [0.717, 1.165) is 15.4 Å². The van der Waals surface area contributed by atoms with Gasteiger partial charge in [-0.05, 0) is 50.1 Å². The molecule has 0 fully saturated rings. The fourth-order valence-corrected chi connectivity index (χ4v) is 4.14. The molecule has 0 saturated carbocycles. The Hall–Kier alpha value is -3.59. The van der Waals surface area contributed by atoms with Crippen LogP contribution in [-0.4, -0.2) is 35.3 Å². The van der Waals surface area contributed by atoms with Gasteiger partial charge in [-0.3, -0.25) is 4.79 Å². The summed E-state index contributed by atoms with van der Waals surface area (Å²) in [4.78, 5) is 29.1. The topological polar surface area (TPSA) is 110 Å². The predicted molar refractivity (Wildman–Crippen MR) is 127 cm³/mol. The van der Waals surface area contributed by atoms with Crippen molar-refractivity contribution in [2.45, 2.75) is 26.7 Å². The van der Waals surface area contributed by atoms with Crippen LogP contribution >= 0.6 is 11.3 Å². The molecule has 2 aromatic carbocycles. The number of anilines is 2. The van der Waals surface area contributed by atoms with E-state index in [1.54, 1.807) is 49.6 Å². The summed E-state index contributed by atoms with van der Waals surface area (Å²) in [6.45, 7) is 4.44. The number of aromatic nitrogens is 1. The van der Waals surface area contributed by atoms with Crippen molar-refractivity contribution in [1.82, 2.24) is 4.98 Å². The second-order valence-corrected chi connectivity index (χ2v) is 9.44. The standard InChI is InChI=1S/C24H25N3O5S/c1-24(2,22(28)29)10-9-21-25-14-20(33-21)15-3-5-16(6-4-15)26-23(30)27-17-7-8-18-19(13-17)32-12-11-31-18/h3-8,13-14H,9-12H2,1-2H3,(H,28,29)(H2,26,27,30). The zero-order valence-corrected chi connectivity index (χ0v) is 19.2. The van der Waals surface area contributed by atoms with Gasteiger partial charge in [-0.15, -0.1) is 11.3 Å². The Balaban J connectivity index is 1.33. The molecule has 33 heavy (non-hydrogen) atoms. The van der Waals surface area contributed by atoms with Crippen molar-refractivity contribution in [3.63, 3.8) is 0 Å². The van der Waals surface area contributed by atoms with E-state index in [2.05, 4.69) is 15.6 Å².